The number of benzene rings is 2. The van der Waals surface area contributed by atoms with Gasteiger partial charge >= 0.3 is 0 Å². The molecule has 1 aliphatic heterocycles. The van der Waals surface area contributed by atoms with Crippen LogP contribution in [0.25, 0.3) is 0 Å². The van der Waals surface area contributed by atoms with Gasteiger partial charge in [-0.1, -0.05) is 18.2 Å². The Labute approximate surface area is 182 Å². The van der Waals surface area contributed by atoms with Crippen molar-refractivity contribution in [3.05, 3.63) is 47.5 Å². The van der Waals surface area contributed by atoms with Crippen LogP contribution in [0.5, 0.6) is 23.0 Å². The number of para-hydroxylation sites is 1. The highest BCUT2D eigenvalue weighted by Crippen LogP contribution is 2.33. The number of fused-ring (bicyclic) bond motifs is 1. The first kappa shape index (κ1) is 21.9. The van der Waals surface area contributed by atoms with Crippen LogP contribution in [-0.2, 0) is 13.1 Å². The van der Waals surface area contributed by atoms with Crippen molar-refractivity contribution < 1.29 is 18.9 Å². The Morgan fingerprint density at radius 3 is 2.64 bits per heavy atom. The lowest BCUT2D eigenvalue weighted by Crippen LogP contribution is -2.36. The molecule has 7 nitrogen and oxygen atoms in total. The standard InChI is InChI=1S/C20H25N3O4.HI/c1-4-21-20(22-11-14-8-9-16-18(10-14)27-13-26-16)23-12-15-6-5-7-17(24-2)19(15)25-3;/h5-10H,4,11-13H2,1-3H3,(H2,21,22,23);1H. The van der Waals surface area contributed by atoms with Gasteiger partial charge in [-0.15, -0.1) is 24.0 Å². The number of aliphatic imine (C=N–C) groups is 1. The molecule has 0 aromatic heterocycles. The number of nitrogens with zero attached hydrogens (tertiary/aromatic N) is 1. The second kappa shape index (κ2) is 10.8. The van der Waals surface area contributed by atoms with E-state index in [2.05, 4.69) is 15.6 Å². The summed E-state index contributed by atoms with van der Waals surface area (Å²) in [6.07, 6.45) is 0. The second-order valence-electron chi connectivity index (χ2n) is 5.89. The fourth-order valence-corrected chi connectivity index (χ4v) is 2.82. The zero-order valence-electron chi connectivity index (χ0n) is 16.3. The molecule has 2 aromatic carbocycles. The summed E-state index contributed by atoms with van der Waals surface area (Å²) < 4.78 is 21.6. The van der Waals surface area contributed by atoms with Gasteiger partial charge in [-0.25, -0.2) is 4.99 Å². The number of hydrogen-bond donors (Lipinski definition) is 2. The number of ether oxygens (including phenoxy) is 4. The first-order chi connectivity index (χ1) is 13.2. The average molecular weight is 499 g/mol. The minimum Gasteiger partial charge on any atom is -0.493 e. The third-order valence-electron chi connectivity index (χ3n) is 4.13. The van der Waals surface area contributed by atoms with Gasteiger partial charge in [0.15, 0.2) is 29.0 Å². The molecule has 1 heterocycles. The lowest BCUT2D eigenvalue weighted by atomic mass is 10.2. The molecule has 0 saturated carbocycles. The van der Waals surface area contributed by atoms with E-state index < -0.39 is 0 Å². The molecule has 0 unspecified atom stereocenters. The fourth-order valence-electron chi connectivity index (χ4n) is 2.82. The molecule has 2 N–H and O–H groups in total. The maximum atomic E-state index is 5.48. The maximum absolute atomic E-state index is 5.48. The summed E-state index contributed by atoms with van der Waals surface area (Å²) in [5.74, 6) is 3.69. The molecule has 0 radical (unpaired) electrons. The van der Waals surface area contributed by atoms with Gasteiger partial charge in [-0.05, 0) is 30.7 Å². The average Bonchev–Trinajstić information content (AvgIpc) is 3.17. The summed E-state index contributed by atoms with van der Waals surface area (Å²) in [5.41, 5.74) is 2.04. The van der Waals surface area contributed by atoms with Crippen LogP contribution in [0.15, 0.2) is 41.4 Å². The van der Waals surface area contributed by atoms with E-state index in [9.17, 15) is 0 Å². The minimum absolute atomic E-state index is 0. The predicted molar refractivity (Wildman–Crippen MR) is 119 cm³/mol. The van der Waals surface area contributed by atoms with Crippen molar-refractivity contribution in [3.8, 4) is 23.0 Å². The SMILES string of the molecule is CCNC(=NCc1ccc2c(c1)OCO2)NCc1cccc(OC)c1OC.I. The number of methoxy groups -OCH3 is 2. The van der Waals surface area contributed by atoms with Crippen molar-refractivity contribution >= 4 is 29.9 Å². The molecule has 0 aliphatic carbocycles. The van der Waals surface area contributed by atoms with Gasteiger partial charge in [0.05, 0.1) is 20.8 Å². The van der Waals surface area contributed by atoms with Crippen LogP contribution >= 0.6 is 24.0 Å². The van der Waals surface area contributed by atoms with Crippen LogP contribution in [0.4, 0.5) is 0 Å². The minimum atomic E-state index is 0. The first-order valence-electron chi connectivity index (χ1n) is 8.85. The van der Waals surface area contributed by atoms with E-state index in [0.717, 1.165) is 40.9 Å². The van der Waals surface area contributed by atoms with E-state index >= 15 is 0 Å². The Kier molecular flexibility index (Phi) is 8.49. The quantitative estimate of drug-likeness (QED) is 0.346. The molecule has 0 bridgehead atoms. The Morgan fingerprint density at radius 1 is 1.07 bits per heavy atom. The van der Waals surface area contributed by atoms with E-state index in [1.165, 1.54) is 0 Å². The van der Waals surface area contributed by atoms with E-state index in [4.69, 9.17) is 18.9 Å². The van der Waals surface area contributed by atoms with Gasteiger partial charge < -0.3 is 29.6 Å². The van der Waals surface area contributed by atoms with Gasteiger partial charge in [0, 0.05) is 18.7 Å². The maximum Gasteiger partial charge on any atom is 0.231 e. The molecule has 2 aromatic rings. The third kappa shape index (κ3) is 5.34. The Balaban J connectivity index is 0.00000280. The molecule has 0 saturated heterocycles. The molecule has 152 valence electrons. The molecule has 0 amide bonds. The fraction of sp³-hybridized carbons (Fsp3) is 0.350. The molecular formula is C20H26IN3O4. The number of rotatable bonds is 7. The van der Waals surface area contributed by atoms with Crippen LogP contribution < -0.4 is 29.6 Å². The van der Waals surface area contributed by atoms with E-state index in [-0.39, 0.29) is 30.8 Å². The number of halogens is 1. The summed E-state index contributed by atoms with van der Waals surface area (Å²) in [4.78, 5) is 4.65. The number of hydrogen-bond acceptors (Lipinski definition) is 5. The van der Waals surface area contributed by atoms with Gasteiger partial charge in [-0.2, -0.15) is 0 Å². The highest BCUT2D eigenvalue weighted by Gasteiger charge is 2.13. The summed E-state index contributed by atoms with van der Waals surface area (Å²) in [6, 6.07) is 11.7. The first-order valence-corrected chi connectivity index (χ1v) is 8.85. The van der Waals surface area contributed by atoms with E-state index in [0.29, 0.717) is 18.8 Å². The molecular weight excluding hydrogens is 473 g/mol. The summed E-state index contributed by atoms with van der Waals surface area (Å²) in [6.45, 7) is 4.16. The zero-order chi connectivity index (χ0) is 19.1. The van der Waals surface area contributed by atoms with Gasteiger partial charge in [-0.3, -0.25) is 0 Å². The van der Waals surface area contributed by atoms with E-state index in [1.54, 1.807) is 14.2 Å². The number of guanidine groups is 1. The predicted octanol–water partition coefficient (Wildman–Crippen LogP) is 3.31. The summed E-state index contributed by atoms with van der Waals surface area (Å²) in [7, 11) is 3.27. The molecule has 1 aliphatic rings. The number of nitrogens with one attached hydrogen (secondary N) is 2. The van der Waals surface area contributed by atoms with Crippen LogP contribution in [0.1, 0.15) is 18.1 Å². The Morgan fingerprint density at radius 2 is 1.89 bits per heavy atom. The Bertz CT molecular complexity index is 814. The van der Waals surface area contributed by atoms with Gasteiger partial charge in [0.25, 0.3) is 0 Å². The normalized spacial score (nSPS) is 12.2. The molecule has 8 heteroatoms. The van der Waals surface area contributed by atoms with Crippen LogP contribution in [0, 0.1) is 0 Å². The third-order valence-corrected chi connectivity index (χ3v) is 4.13. The molecule has 0 spiro atoms. The summed E-state index contributed by atoms with van der Waals surface area (Å²) in [5, 5.41) is 6.59. The highest BCUT2D eigenvalue weighted by molar-refractivity contribution is 14.0. The topological polar surface area (TPSA) is 73.3 Å². The van der Waals surface area contributed by atoms with Gasteiger partial charge in [0.1, 0.15) is 0 Å². The van der Waals surface area contributed by atoms with Crippen LogP contribution in [-0.4, -0.2) is 33.5 Å². The lowest BCUT2D eigenvalue weighted by Gasteiger charge is -2.15. The van der Waals surface area contributed by atoms with Crippen molar-refractivity contribution in [1.82, 2.24) is 10.6 Å². The van der Waals surface area contributed by atoms with Crippen molar-refractivity contribution in [1.29, 1.82) is 0 Å². The Hall–Kier alpha value is -2.36. The lowest BCUT2D eigenvalue weighted by molar-refractivity contribution is 0.174. The van der Waals surface area contributed by atoms with Crippen molar-refractivity contribution in [2.24, 2.45) is 4.99 Å². The van der Waals surface area contributed by atoms with Crippen molar-refractivity contribution in [3.63, 3.8) is 0 Å². The molecule has 0 fully saturated rings. The highest BCUT2D eigenvalue weighted by atomic mass is 127. The smallest absolute Gasteiger partial charge is 0.231 e. The monoisotopic (exact) mass is 499 g/mol. The zero-order valence-corrected chi connectivity index (χ0v) is 18.6. The molecule has 0 atom stereocenters. The van der Waals surface area contributed by atoms with E-state index in [1.807, 2.05) is 43.3 Å². The van der Waals surface area contributed by atoms with Crippen molar-refractivity contribution in [2.45, 2.75) is 20.0 Å². The largest absolute Gasteiger partial charge is 0.493 e. The van der Waals surface area contributed by atoms with Crippen molar-refractivity contribution in [2.75, 3.05) is 27.6 Å². The van der Waals surface area contributed by atoms with Gasteiger partial charge in [0.2, 0.25) is 6.79 Å². The summed E-state index contributed by atoms with van der Waals surface area (Å²) >= 11 is 0. The molecule has 28 heavy (non-hydrogen) atoms. The molecule has 3 rings (SSSR count). The van der Waals surface area contributed by atoms with Crippen LogP contribution in [0.2, 0.25) is 0 Å². The van der Waals surface area contributed by atoms with Crippen LogP contribution in [0.3, 0.4) is 0 Å². The second-order valence-corrected chi connectivity index (χ2v) is 5.89.